The van der Waals surface area contributed by atoms with E-state index < -0.39 is 0 Å². The van der Waals surface area contributed by atoms with Gasteiger partial charge in [-0.05, 0) is 23.8 Å². The second kappa shape index (κ2) is 6.45. The Morgan fingerprint density at radius 1 is 1.05 bits per heavy atom. The summed E-state index contributed by atoms with van der Waals surface area (Å²) in [6, 6.07) is 11.7. The maximum atomic E-state index is 6.18. The molecule has 0 aromatic heterocycles. The maximum absolute atomic E-state index is 6.18. The summed E-state index contributed by atoms with van der Waals surface area (Å²) in [4.78, 5) is 0. The Balaban J connectivity index is 1.75. The fourth-order valence-corrected chi connectivity index (χ4v) is 3.05. The summed E-state index contributed by atoms with van der Waals surface area (Å²) in [5.74, 6) is 0.789. The summed E-state index contributed by atoms with van der Waals surface area (Å²) >= 11 is 18.1. The van der Waals surface area contributed by atoms with Crippen LogP contribution in [0.2, 0.25) is 15.1 Å². The topological polar surface area (TPSA) is 21.3 Å². The monoisotopic (exact) mass is 341 g/mol. The molecule has 0 spiro atoms. The zero-order valence-electron chi connectivity index (χ0n) is 11.2. The largest absolute Gasteiger partial charge is 0.492 e. The molecule has 5 heteroatoms. The smallest absolute Gasteiger partial charge is 0.142 e. The third-order valence-electron chi connectivity index (χ3n) is 3.56. The van der Waals surface area contributed by atoms with Gasteiger partial charge in [0.05, 0.1) is 21.7 Å². The second-order valence-electron chi connectivity index (χ2n) is 4.98. The Morgan fingerprint density at radius 3 is 2.71 bits per heavy atom. The first-order valence-electron chi connectivity index (χ1n) is 6.73. The van der Waals surface area contributed by atoms with Crippen LogP contribution >= 0.6 is 34.8 Å². The molecule has 0 bridgehead atoms. The molecule has 1 N–H and O–H groups in total. The number of benzene rings is 2. The molecule has 0 amide bonds. The first-order valence-corrected chi connectivity index (χ1v) is 7.87. The molecule has 1 aliphatic heterocycles. The average molecular weight is 343 g/mol. The van der Waals surface area contributed by atoms with Crippen LogP contribution in [0.25, 0.3) is 0 Å². The summed E-state index contributed by atoms with van der Waals surface area (Å²) in [7, 11) is 0. The Hall–Kier alpha value is -0.930. The van der Waals surface area contributed by atoms with Gasteiger partial charge in [0.25, 0.3) is 0 Å². The van der Waals surface area contributed by atoms with E-state index in [0.29, 0.717) is 28.2 Å². The van der Waals surface area contributed by atoms with Gasteiger partial charge in [0.2, 0.25) is 0 Å². The third-order valence-corrected chi connectivity index (χ3v) is 4.60. The predicted octanol–water partition coefficient (Wildman–Crippen LogP) is 5.26. The molecule has 2 aromatic carbocycles. The van der Waals surface area contributed by atoms with E-state index in [2.05, 4.69) is 5.32 Å². The molecule has 1 unspecified atom stereocenters. The zero-order chi connectivity index (χ0) is 14.8. The molecule has 0 aliphatic carbocycles. The van der Waals surface area contributed by atoms with E-state index in [1.54, 1.807) is 0 Å². The van der Waals surface area contributed by atoms with Gasteiger partial charge < -0.3 is 10.1 Å². The molecule has 2 nitrogen and oxygen atoms in total. The SMILES string of the molecule is Clc1ccc(CNC2CCOc3c(Cl)cccc32)cc1Cl. The number of para-hydroxylation sites is 1. The number of fused-ring (bicyclic) bond motifs is 1. The Kier molecular flexibility index (Phi) is 4.60. The van der Waals surface area contributed by atoms with Gasteiger partial charge in [-0.25, -0.2) is 0 Å². The van der Waals surface area contributed by atoms with Crippen LogP contribution in [-0.4, -0.2) is 6.61 Å². The van der Waals surface area contributed by atoms with Crippen molar-refractivity contribution < 1.29 is 4.74 Å². The lowest BCUT2D eigenvalue weighted by Crippen LogP contribution is -2.26. The first kappa shape index (κ1) is 15.0. The Morgan fingerprint density at radius 2 is 1.90 bits per heavy atom. The van der Waals surface area contributed by atoms with Crippen molar-refractivity contribution in [2.45, 2.75) is 19.0 Å². The minimum absolute atomic E-state index is 0.224. The number of hydrogen-bond donors (Lipinski definition) is 1. The maximum Gasteiger partial charge on any atom is 0.142 e. The molecule has 110 valence electrons. The molecule has 0 radical (unpaired) electrons. The number of hydrogen-bond acceptors (Lipinski definition) is 2. The molecule has 1 heterocycles. The van der Waals surface area contributed by atoms with Crippen molar-refractivity contribution >= 4 is 34.8 Å². The highest BCUT2D eigenvalue weighted by Crippen LogP contribution is 2.37. The standard InChI is InChI=1S/C16H14Cl3NO/c17-12-5-4-10(8-14(12)19)9-20-15-6-7-21-16-11(15)2-1-3-13(16)18/h1-5,8,15,20H,6-7,9H2. The van der Waals surface area contributed by atoms with Gasteiger partial charge in [-0.15, -0.1) is 0 Å². The summed E-state index contributed by atoms with van der Waals surface area (Å²) in [5, 5.41) is 5.34. The number of halogens is 3. The van der Waals surface area contributed by atoms with Crippen molar-refractivity contribution in [3.63, 3.8) is 0 Å². The molecule has 2 aromatic rings. The lowest BCUT2D eigenvalue weighted by Gasteiger charge is -2.27. The molecule has 1 atom stereocenters. The van der Waals surface area contributed by atoms with Gasteiger partial charge in [0.1, 0.15) is 5.75 Å². The summed E-state index contributed by atoms with van der Waals surface area (Å²) < 4.78 is 5.66. The fraction of sp³-hybridized carbons (Fsp3) is 0.250. The van der Waals surface area contributed by atoms with Crippen molar-refractivity contribution in [1.29, 1.82) is 0 Å². The van der Waals surface area contributed by atoms with Gasteiger partial charge in [-0.2, -0.15) is 0 Å². The van der Waals surface area contributed by atoms with E-state index in [0.717, 1.165) is 23.3 Å². The van der Waals surface area contributed by atoms with Crippen LogP contribution in [0.1, 0.15) is 23.6 Å². The summed E-state index contributed by atoms with van der Waals surface area (Å²) in [6.07, 6.45) is 0.911. The van der Waals surface area contributed by atoms with E-state index in [1.165, 1.54) is 0 Å². The fourth-order valence-electron chi connectivity index (χ4n) is 2.49. The van der Waals surface area contributed by atoms with Crippen LogP contribution in [0.4, 0.5) is 0 Å². The Labute approximate surface area is 139 Å². The minimum Gasteiger partial charge on any atom is -0.492 e. The van der Waals surface area contributed by atoms with Gasteiger partial charge in [-0.1, -0.05) is 53.0 Å². The lowest BCUT2D eigenvalue weighted by atomic mass is 10.0. The second-order valence-corrected chi connectivity index (χ2v) is 6.20. The van der Waals surface area contributed by atoms with Gasteiger partial charge in [0.15, 0.2) is 0 Å². The van der Waals surface area contributed by atoms with Crippen molar-refractivity contribution in [3.05, 3.63) is 62.6 Å². The summed E-state index contributed by atoms with van der Waals surface area (Å²) in [6.45, 7) is 1.38. The van der Waals surface area contributed by atoms with Crippen LogP contribution in [0.15, 0.2) is 36.4 Å². The normalized spacial score (nSPS) is 17.2. The lowest BCUT2D eigenvalue weighted by molar-refractivity contribution is 0.252. The first-order chi connectivity index (χ1) is 10.1. The van der Waals surface area contributed by atoms with E-state index >= 15 is 0 Å². The van der Waals surface area contributed by atoms with Gasteiger partial charge in [-0.3, -0.25) is 0 Å². The summed E-state index contributed by atoms with van der Waals surface area (Å²) in [5.41, 5.74) is 2.20. The quantitative estimate of drug-likeness (QED) is 0.821. The molecular weight excluding hydrogens is 329 g/mol. The molecule has 3 rings (SSSR count). The number of rotatable bonds is 3. The molecule has 0 fully saturated rings. The predicted molar refractivity (Wildman–Crippen MR) is 87.6 cm³/mol. The van der Waals surface area contributed by atoms with E-state index in [4.69, 9.17) is 39.5 Å². The molecular formula is C16H14Cl3NO. The van der Waals surface area contributed by atoms with Gasteiger partial charge >= 0.3 is 0 Å². The number of nitrogens with one attached hydrogen (secondary N) is 1. The number of ether oxygens (including phenoxy) is 1. The van der Waals surface area contributed by atoms with Crippen LogP contribution in [0.5, 0.6) is 5.75 Å². The molecule has 21 heavy (non-hydrogen) atoms. The van der Waals surface area contributed by atoms with Crippen molar-refractivity contribution in [3.8, 4) is 5.75 Å². The molecule has 0 saturated carbocycles. The van der Waals surface area contributed by atoms with E-state index in [-0.39, 0.29) is 6.04 Å². The average Bonchev–Trinajstić information content (AvgIpc) is 2.49. The van der Waals surface area contributed by atoms with Crippen molar-refractivity contribution in [1.82, 2.24) is 5.32 Å². The van der Waals surface area contributed by atoms with Crippen LogP contribution in [-0.2, 0) is 6.54 Å². The molecule has 1 aliphatic rings. The highest BCUT2D eigenvalue weighted by atomic mass is 35.5. The minimum atomic E-state index is 0.224. The van der Waals surface area contributed by atoms with Crippen molar-refractivity contribution in [2.24, 2.45) is 0 Å². The third kappa shape index (κ3) is 3.29. The van der Waals surface area contributed by atoms with Crippen LogP contribution in [0.3, 0.4) is 0 Å². The van der Waals surface area contributed by atoms with E-state index in [1.807, 2.05) is 36.4 Å². The van der Waals surface area contributed by atoms with E-state index in [9.17, 15) is 0 Å². The highest BCUT2D eigenvalue weighted by molar-refractivity contribution is 6.42. The molecule has 0 saturated heterocycles. The Bertz CT molecular complexity index is 660. The van der Waals surface area contributed by atoms with Crippen LogP contribution < -0.4 is 10.1 Å². The van der Waals surface area contributed by atoms with Crippen LogP contribution in [0, 0.1) is 0 Å². The van der Waals surface area contributed by atoms with Gasteiger partial charge in [0, 0.05) is 24.6 Å². The zero-order valence-corrected chi connectivity index (χ0v) is 13.5. The van der Waals surface area contributed by atoms with Crippen molar-refractivity contribution in [2.75, 3.05) is 6.61 Å². The highest BCUT2D eigenvalue weighted by Gasteiger charge is 2.22.